The summed E-state index contributed by atoms with van der Waals surface area (Å²) in [5.74, 6) is -0.0528. The Kier molecular flexibility index (Phi) is 9.12. The minimum atomic E-state index is -2.74. The predicted octanol–water partition coefficient (Wildman–Crippen LogP) is 4.43. The number of Topliss-reactive ketones (excluding diaryl/α,β-unsaturated/α-hetero) is 1. The Labute approximate surface area is 260 Å². The third-order valence-electron chi connectivity index (χ3n) is 12.7. The van der Waals surface area contributed by atoms with E-state index in [9.17, 15) is 19.2 Å². The topological polar surface area (TPSA) is 170 Å². The maximum Gasteiger partial charge on any atom is 0.336 e. The summed E-state index contributed by atoms with van der Waals surface area (Å²) in [6.45, 7) is 11.0. The first kappa shape index (κ1) is 33.1. The number of rotatable bonds is 5. The summed E-state index contributed by atoms with van der Waals surface area (Å²) in [6.07, 6.45) is 9.88. The fraction of sp³-hybridized carbons (Fsp3) is 0.824. The van der Waals surface area contributed by atoms with E-state index in [2.05, 4.69) is 33.0 Å². The van der Waals surface area contributed by atoms with Crippen LogP contribution in [0.3, 0.4) is 0 Å². The molecule has 4 aliphatic carbocycles. The van der Waals surface area contributed by atoms with Gasteiger partial charge in [-0.3, -0.25) is 14.4 Å². The molecule has 0 amide bonds. The Morgan fingerprint density at radius 1 is 1.02 bits per heavy atom. The van der Waals surface area contributed by atoms with Crippen LogP contribution in [-0.2, 0) is 23.9 Å². The van der Waals surface area contributed by atoms with Crippen LogP contribution in [0.15, 0.2) is 11.1 Å². The zero-order chi connectivity index (χ0) is 32.2. The number of ether oxygens (including phenoxy) is 1. The van der Waals surface area contributed by atoms with Crippen LogP contribution in [0.4, 0.5) is 0 Å². The minimum Gasteiger partial charge on any atom is -0.481 e. The average molecular weight is 618 g/mol. The largest absolute Gasteiger partial charge is 0.481 e. The summed E-state index contributed by atoms with van der Waals surface area (Å²) < 4.78 is 7.01. The molecule has 0 aromatic heterocycles. The van der Waals surface area contributed by atoms with Gasteiger partial charge in [-0.15, -0.1) is 0 Å². The third kappa shape index (κ3) is 5.98. The van der Waals surface area contributed by atoms with Gasteiger partial charge in [-0.05, 0) is 99.8 Å². The van der Waals surface area contributed by atoms with Crippen molar-refractivity contribution in [2.75, 3.05) is 6.54 Å². The third-order valence-corrected chi connectivity index (χ3v) is 12.7. The van der Waals surface area contributed by atoms with Gasteiger partial charge in [-0.1, -0.05) is 31.9 Å². The second kappa shape index (κ2) is 12.1. The van der Waals surface area contributed by atoms with Crippen LogP contribution in [0.1, 0.15) is 105 Å². The molecule has 5 fully saturated rings. The molecule has 10 atom stereocenters. The molecule has 5 N–H and O–H groups in total. The molecule has 0 bridgehead atoms. The second-order valence-corrected chi connectivity index (χ2v) is 15.4. The standard InChI is InChI=1S/C28H43NO2.C6H8O7/c1-16-11-25-26(29-15-16)18(3)28(31-25)10-8-21-22-6-5-19-12-20(30)7-9-27(19,4)24(22)13-23(21)17(2)14-28;7-3(8)1-6(13,5(11)12)2-4(9)10/h16,18-19,21-22,24-26,29H,5-15H2,1-4H3;13H,1-2H2,(H,7,8)(H,9,10)(H,11,12)/t16-,18+,19+,21-,22-,24-,25+,26-,27-,28-;/m0./s1. The van der Waals surface area contributed by atoms with E-state index in [1.165, 1.54) is 38.5 Å². The van der Waals surface area contributed by atoms with E-state index in [1.54, 1.807) is 5.57 Å². The quantitative estimate of drug-likeness (QED) is 0.278. The summed E-state index contributed by atoms with van der Waals surface area (Å²) in [4.78, 5) is 42.7. The van der Waals surface area contributed by atoms with Crippen LogP contribution in [0.5, 0.6) is 0 Å². The second-order valence-electron chi connectivity index (χ2n) is 15.4. The summed E-state index contributed by atoms with van der Waals surface area (Å²) >= 11 is 0. The van der Waals surface area contributed by atoms with Crippen molar-refractivity contribution in [3.05, 3.63) is 11.1 Å². The highest BCUT2D eigenvalue weighted by atomic mass is 16.5. The van der Waals surface area contributed by atoms with Crippen molar-refractivity contribution < 1.29 is 44.3 Å². The van der Waals surface area contributed by atoms with Crippen molar-refractivity contribution in [1.29, 1.82) is 0 Å². The summed E-state index contributed by atoms with van der Waals surface area (Å²) in [6, 6.07) is 0.550. The van der Waals surface area contributed by atoms with Gasteiger partial charge in [0.25, 0.3) is 0 Å². The Bertz CT molecular complexity index is 1200. The first-order valence-corrected chi connectivity index (χ1v) is 16.6. The molecule has 10 heteroatoms. The molecule has 246 valence electrons. The molecule has 0 unspecified atom stereocenters. The predicted molar refractivity (Wildman–Crippen MR) is 161 cm³/mol. The number of nitrogens with one attached hydrogen (secondary N) is 1. The van der Waals surface area contributed by atoms with E-state index in [0.717, 1.165) is 55.9 Å². The number of ketones is 1. The molecule has 2 aliphatic heterocycles. The number of carboxylic acids is 3. The number of aliphatic carboxylic acids is 3. The number of hydrogen-bond donors (Lipinski definition) is 5. The Hall–Kier alpha value is -2.30. The normalized spacial score (nSPS) is 41.4. The van der Waals surface area contributed by atoms with Gasteiger partial charge >= 0.3 is 17.9 Å². The monoisotopic (exact) mass is 617 g/mol. The Morgan fingerprint density at radius 3 is 2.34 bits per heavy atom. The molecule has 6 rings (SSSR count). The number of carbonyl (C=O) groups excluding carboxylic acids is 1. The number of hydrogen-bond acceptors (Lipinski definition) is 7. The van der Waals surface area contributed by atoms with Crippen LogP contribution >= 0.6 is 0 Å². The fourth-order valence-electron chi connectivity index (χ4n) is 10.3. The molecule has 6 aliphatic rings. The van der Waals surface area contributed by atoms with Crippen molar-refractivity contribution in [1.82, 2.24) is 5.32 Å². The van der Waals surface area contributed by atoms with Crippen LogP contribution in [0, 0.1) is 40.9 Å². The van der Waals surface area contributed by atoms with Gasteiger partial charge in [0, 0.05) is 24.8 Å². The van der Waals surface area contributed by atoms with Crippen molar-refractivity contribution in [3.63, 3.8) is 0 Å². The first-order valence-electron chi connectivity index (χ1n) is 16.6. The van der Waals surface area contributed by atoms with Gasteiger partial charge in [-0.25, -0.2) is 4.79 Å². The minimum absolute atomic E-state index is 0.0572. The summed E-state index contributed by atoms with van der Waals surface area (Å²) in [5, 5.41) is 37.7. The Morgan fingerprint density at radius 2 is 1.70 bits per heavy atom. The molecule has 2 heterocycles. The van der Waals surface area contributed by atoms with E-state index in [0.29, 0.717) is 35.2 Å². The number of aliphatic hydroxyl groups is 1. The SMILES string of the molecule is CC1=C2C[C@H]3[C@@H](CC[C@@H]4CC(=O)CC[C@@]43C)[C@@H]2CC[C@@]2(C1)O[C@@H]1C[C@H](C)CN[C@H]1[C@H]2C.O=C(O)CC(O)(CC(=O)O)C(=O)O. The lowest BCUT2D eigenvalue weighted by atomic mass is 9.52. The molecule has 1 spiro atoms. The average Bonchev–Trinajstić information content (AvgIpc) is 3.38. The van der Waals surface area contributed by atoms with Crippen molar-refractivity contribution >= 4 is 23.7 Å². The van der Waals surface area contributed by atoms with Crippen LogP contribution < -0.4 is 5.32 Å². The molecular formula is C34H51NO9. The lowest BCUT2D eigenvalue weighted by Crippen LogP contribution is -2.48. The highest BCUT2D eigenvalue weighted by Crippen LogP contribution is 2.65. The van der Waals surface area contributed by atoms with Gasteiger partial charge in [0.05, 0.1) is 24.5 Å². The maximum atomic E-state index is 12.2. The molecule has 3 saturated carbocycles. The van der Waals surface area contributed by atoms with Gasteiger partial charge < -0.3 is 30.5 Å². The molecule has 0 aromatic carbocycles. The smallest absolute Gasteiger partial charge is 0.336 e. The van der Waals surface area contributed by atoms with Crippen LogP contribution in [0.2, 0.25) is 0 Å². The zero-order valence-electron chi connectivity index (χ0n) is 26.6. The van der Waals surface area contributed by atoms with Crippen molar-refractivity contribution in [2.45, 2.75) is 128 Å². The van der Waals surface area contributed by atoms with Gasteiger partial charge in [0.15, 0.2) is 5.60 Å². The van der Waals surface area contributed by atoms with Crippen molar-refractivity contribution in [3.8, 4) is 0 Å². The van der Waals surface area contributed by atoms with Crippen LogP contribution in [-0.4, -0.2) is 74.0 Å². The van der Waals surface area contributed by atoms with E-state index in [4.69, 9.17) is 25.2 Å². The maximum absolute atomic E-state index is 12.2. The van der Waals surface area contributed by atoms with E-state index >= 15 is 0 Å². The number of fused-ring (bicyclic) bond motifs is 6. The number of piperidine rings is 1. The molecule has 2 saturated heterocycles. The lowest BCUT2D eigenvalue weighted by Gasteiger charge is -2.52. The van der Waals surface area contributed by atoms with E-state index in [1.807, 2.05) is 5.57 Å². The summed E-state index contributed by atoms with van der Waals surface area (Å²) in [7, 11) is 0. The number of allylic oxidation sites excluding steroid dienone is 1. The number of carbonyl (C=O) groups is 4. The van der Waals surface area contributed by atoms with Gasteiger partial charge in [0.1, 0.15) is 5.78 Å². The molecule has 10 nitrogen and oxygen atoms in total. The lowest BCUT2D eigenvalue weighted by molar-refractivity contribution is -0.170. The number of carboxylic acid groups (broad SMARTS) is 3. The molecule has 0 aromatic rings. The Balaban J connectivity index is 0.000000253. The molecule has 44 heavy (non-hydrogen) atoms. The van der Waals surface area contributed by atoms with Gasteiger partial charge in [-0.2, -0.15) is 0 Å². The zero-order valence-corrected chi connectivity index (χ0v) is 26.6. The van der Waals surface area contributed by atoms with Crippen LogP contribution in [0.25, 0.3) is 0 Å². The van der Waals surface area contributed by atoms with E-state index in [-0.39, 0.29) is 5.60 Å². The highest BCUT2D eigenvalue weighted by Gasteiger charge is 2.59. The molecular weight excluding hydrogens is 566 g/mol. The first-order chi connectivity index (χ1) is 20.6. The van der Waals surface area contributed by atoms with Crippen molar-refractivity contribution in [2.24, 2.45) is 40.9 Å². The molecule has 0 radical (unpaired) electrons. The summed E-state index contributed by atoms with van der Waals surface area (Å²) in [5.41, 5.74) is 1.21. The fourth-order valence-corrected chi connectivity index (χ4v) is 10.3. The highest BCUT2D eigenvalue weighted by molar-refractivity contribution is 5.88. The van der Waals surface area contributed by atoms with Gasteiger partial charge in [0.2, 0.25) is 0 Å². The van der Waals surface area contributed by atoms with E-state index < -0.39 is 36.4 Å².